The molecule has 0 spiro atoms. The smallest absolute Gasteiger partial charge is 0.119 e. The summed E-state index contributed by atoms with van der Waals surface area (Å²) in [6.45, 7) is 4.42. The van der Waals surface area contributed by atoms with Crippen molar-refractivity contribution >= 4 is 5.69 Å². The van der Waals surface area contributed by atoms with E-state index < -0.39 is 0 Å². The van der Waals surface area contributed by atoms with E-state index in [-0.39, 0.29) is 0 Å². The summed E-state index contributed by atoms with van der Waals surface area (Å²) in [6, 6.07) is 26.8. The average Bonchev–Trinajstić information content (AvgIpc) is 2.75. The predicted molar refractivity (Wildman–Crippen MR) is 116 cm³/mol. The summed E-state index contributed by atoms with van der Waals surface area (Å²) in [4.78, 5) is 0. The van der Waals surface area contributed by atoms with E-state index in [1.165, 1.54) is 11.1 Å². The molecule has 3 rings (SSSR count). The molecule has 0 aliphatic carbocycles. The van der Waals surface area contributed by atoms with E-state index in [1.807, 2.05) is 30.3 Å². The van der Waals surface area contributed by atoms with Gasteiger partial charge in [-0.25, -0.2) is 0 Å². The van der Waals surface area contributed by atoms with Crippen molar-refractivity contribution in [3.05, 3.63) is 90.0 Å². The van der Waals surface area contributed by atoms with Crippen LogP contribution in [-0.2, 0) is 13.0 Å². The molecule has 0 aliphatic rings. The van der Waals surface area contributed by atoms with Gasteiger partial charge >= 0.3 is 0 Å². The van der Waals surface area contributed by atoms with Crippen LogP contribution >= 0.6 is 0 Å². The van der Waals surface area contributed by atoms with Gasteiger partial charge in [-0.15, -0.1) is 0 Å². The Morgan fingerprint density at radius 1 is 0.679 bits per heavy atom. The largest absolute Gasteiger partial charge is 0.494 e. The molecule has 3 aromatic carbocycles. The number of nitrogens with one attached hydrogen (secondary N) is 1. The molecule has 0 unspecified atom stereocenters. The highest BCUT2D eigenvalue weighted by Gasteiger charge is 1.99. The molecule has 0 aliphatic heterocycles. The lowest BCUT2D eigenvalue weighted by molar-refractivity contribution is 0.309. The molecule has 0 heterocycles. The molecule has 0 aromatic heterocycles. The van der Waals surface area contributed by atoms with Gasteiger partial charge in [-0.05, 0) is 53.9 Å². The van der Waals surface area contributed by atoms with E-state index in [0.29, 0.717) is 6.61 Å². The van der Waals surface area contributed by atoms with Crippen LogP contribution < -0.4 is 14.8 Å². The van der Waals surface area contributed by atoms with Gasteiger partial charge in [0.2, 0.25) is 0 Å². The fourth-order valence-electron chi connectivity index (χ4n) is 2.84. The number of ether oxygens (including phenoxy) is 2. The standard InChI is InChI=1S/C25H29NO2/c1-2-3-18-27-24-13-9-22(10-14-24)20-26-23-11-15-25(16-12-23)28-19-17-21-7-5-4-6-8-21/h4-16,26H,2-3,17-20H2,1H3. The quantitative estimate of drug-likeness (QED) is 0.411. The number of hydrogen-bond donors (Lipinski definition) is 1. The molecular weight excluding hydrogens is 346 g/mol. The molecule has 1 N–H and O–H groups in total. The first-order valence-corrected chi connectivity index (χ1v) is 10.1. The Kier molecular flexibility index (Phi) is 7.80. The van der Waals surface area contributed by atoms with Gasteiger partial charge in [-0.2, -0.15) is 0 Å². The molecule has 3 aromatic rings. The molecular formula is C25H29NO2. The van der Waals surface area contributed by atoms with Crippen molar-refractivity contribution in [2.45, 2.75) is 32.7 Å². The average molecular weight is 376 g/mol. The maximum atomic E-state index is 5.84. The molecule has 0 fully saturated rings. The SMILES string of the molecule is CCCCOc1ccc(CNc2ccc(OCCc3ccccc3)cc2)cc1. The highest BCUT2D eigenvalue weighted by molar-refractivity contribution is 5.47. The van der Waals surface area contributed by atoms with Crippen molar-refractivity contribution < 1.29 is 9.47 Å². The van der Waals surface area contributed by atoms with E-state index in [0.717, 1.165) is 49.6 Å². The van der Waals surface area contributed by atoms with E-state index in [4.69, 9.17) is 9.47 Å². The molecule has 0 atom stereocenters. The highest BCUT2D eigenvalue weighted by Crippen LogP contribution is 2.18. The number of anilines is 1. The lowest BCUT2D eigenvalue weighted by Crippen LogP contribution is -2.02. The van der Waals surface area contributed by atoms with Crippen LogP contribution in [0.4, 0.5) is 5.69 Å². The number of hydrogen-bond acceptors (Lipinski definition) is 3. The van der Waals surface area contributed by atoms with Crippen molar-refractivity contribution in [2.75, 3.05) is 18.5 Å². The van der Waals surface area contributed by atoms with E-state index in [9.17, 15) is 0 Å². The number of unbranched alkanes of at least 4 members (excludes halogenated alkanes) is 1. The van der Waals surface area contributed by atoms with Crippen LogP contribution in [0.5, 0.6) is 11.5 Å². The van der Waals surface area contributed by atoms with Crippen LogP contribution in [0.1, 0.15) is 30.9 Å². The first kappa shape index (κ1) is 19.8. The Morgan fingerprint density at radius 3 is 2.00 bits per heavy atom. The summed E-state index contributed by atoms with van der Waals surface area (Å²) in [7, 11) is 0. The van der Waals surface area contributed by atoms with Crippen molar-refractivity contribution in [3.8, 4) is 11.5 Å². The predicted octanol–water partition coefficient (Wildman–Crippen LogP) is 6.10. The van der Waals surface area contributed by atoms with Crippen molar-refractivity contribution in [1.29, 1.82) is 0 Å². The third-order valence-corrected chi connectivity index (χ3v) is 4.54. The lowest BCUT2D eigenvalue weighted by Gasteiger charge is -2.10. The lowest BCUT2D eigenvalue weighted by atomic mass is 10.2. The molecule has 0 amide bonds. The second-order valence-electron chi connectivity index (χ2n) is 6.81. The fraction of sp³-hybridized carbons (Fsp3) is 0.280. The van der Waals surface area contributed by atoms with Crippen LogP contribution in [0.15, 0.2) is 78.9 Å². The summed E-state index contributed by atoms with van der Waals surface area (Å²) in [5.41, 5.74) is 3.60. The molecule has 0 saturated carbocycles. The molecule has 0 bridgehead atoms. The number of rotatable bonds is 11. The fourth-order valence-corrected chi connectivity index (χ4v) is 2.84. The van der Waals surface area contributed by atoms with Gasteiger partial charge in [-0.1, -0.05) is 55.8 Å². The van der Waals surface area contributed by atoms with Crippen molar-refractivity contribution in [1.82, 2.24) is 0 Å². The Balaban J connectivity index is 1.40. The minimum atomic E-state index is 0.684. The summed E-state index contributed by atoms with van der Waals surface area (Å²) < 4.78 is 11.5. The normalized spacial score (nSPS) is 10.5. The molecule has 3 nitrogen and oxygen atoms in total. The topological polar surface area (TPSA) is 30.5 Å². The zero-order valence-electron chi connectivity index (χ0n) is 16.6. The van der Waals surface area contributed by atoms with Crippen LogP contribution in [0.3, 0.4) is 0 Å². The van der Waals surface area contributed by atoms with Crippen LogP contribution in [0.2, 0.25) is 0 Å². The van der Waals surface area contributed by atoms with Crippen LogP contribution in [0.25, 0.3) is 0 Å². The summed E-state index contributed by atoms with van der Waals surface area (Å²) >= 11 is 0. The highest BCUT2D eigenvalue weighted by atomic mass is 16.5. The van der Waals surface area contributed by atoms with Gasteiger partial charge in [0.1, 0.15) is 11.5 Å². The van der Waals surface area contributed by atoms with Gasteiger partial charge < -0.3 is 14.8 Å². The monoisotopic (exact) mass is 375 g/mol. The summed E-state index contributed by atoms with van der Waals surface area (Å²) in [6.07, 6.45) is 3.16. The zero-order valence-corrected chi connectivity index (χ0v) is 16.6. The van der Waals surface area contributed by atoms with Crippen LogP contribution in [-0.4, -0.2) is 13.2 Å². The van der Waals surface area contributed by atoms with Gasteiger partial charge in [0.15, 0.2) is 0 Å². The minimum Gasteiger partial charge on any atom is -0.494 e. The van der Waals surface area contributed by atoms with Gasteiger partial charge in [-0.3, -0.25) is 0 Å². The van der Waals surface area contributed by atoms with E-state index >= 15 is 0 Å². The Hall–Kier alpha value is -2.94. The maximum absolute atomic E-state index is 5.84. The van der Waals surface area contributed by atoms with Gasteiger partial charge in [0.25, 0.3) is 0 Å². The van der Waals surface area contributed by atoms with Crippen molar-refractivity contribution in [2.24, 2.45) is 0 Å². The van der Waals surface area contributed by atoms with Crippen LogP contribution in [0, 0.1) is 0 Å². The van der Waals surface area contributed by atoms with E-state index in [2.05, 4.69) is 60.8 Å². The maximum Gasteiger partial charge on any atom is 0.119 e. The molecule has 0 radical (unpaired) electrons. The Bertz CT molecular complexity index is 798. The van der Waals surface area contributed by atoms with Crippen molar-refractivity contribution in [3.63, 3.8) is 0 Å². The molecule has 146 valence electrons. The Labute approximate surface area is 168 Å². The molecule has 0 saturated heterocycles. The summed E-state index contributed by atoms with van der Waals surface area (Å²) in [5, 5.41) is 3.45. The first-order chi connectivity index (χ1) is 13.8. The molecule has 28 heavy (non-hydrogen) atoms. The zero-order chi connectivity index (χ0) is 19.4. The Morgan fingerprint density at radius 2 is 1.32 bits per heavy atom. The third kappa shape index (κ3) is 6.66. The van der Waals surface area contributed by atoms with Gasteiger partial charge in [0.05, 0.1) is 13.2 Å². The molecule has 3 heteroatoms. The minimum absolute atomic E-state index is 0.684. The van der Waals surface area contributed by atoms with E-state index in [1.54, 1.807) is 0 Å². The second-order valence-corrected chi connectivity index (χ2v) is 6.81. The number of benzene rings is 3. The first-order valence-electron chi connectivity index (χ1n) is 10.1. The third-order valence-electron chi connectivity index (χ3n) is 4.54. The van der Waals surface area contributed by atoms with Gasteiger partial charge in [0, 0.05) is 18.7 Å². The summed E-state index contributed by atoms with van der Waals surface area (Å²) in [5.74, 6) is 1.84. The second kappa shape index (κ2) is 11.0.